The molecule has 0 radical (unpaired) electrons. The second-order valence-electron chi connectivity index (χ2n) is 7.41. The highest BCUT2D eigenvalue weighted by Gasteiger charge is 2.31. The van der Waals surface area contributed by atoms with Crippen LogP contribution in [-0.2, 0) is 16.1 Å². The van der Waals surface area contributed by atoms with Crippen LogP contribution >= 0.6 is 11.3 Å². The van der Waals surface area contributed by atoms with Crippen molar-refractivity contribution in [3.63, 3.8) is 0 Å². The van der Waals surface area contributed by atoms with Gasteiger partial charge in [-0.25, -0.2) is 4.79 Å². The number of amides is 3. The highest BCUT2D eigenvalue weighted by Crippen LogP contribution is 2.34. The first kappa shape index (κ1) is 21.0. The van der Waals surface area contributed by atoms with Gasteiger partial charge in [-0.1, -0.05) is 12.1 Å². The molecule has 31 heavy (non-hydrogen) atoms. The molecule has 1 aromatic carbocycles. The van der Waals surface area contributed by atoms with Gasteiger partial charge < -0.3 is 30.1 Å². The smallest absolute Gasteiger partial charge is 0.315 e. The van der Waals surface area contributed by atoms with Gasteiger partial charge in [0, 0.05) is 11.4 Å². The summed E-state index contributed by atoms with van der Waals surface area (Å²) in [5.74, 6) is -0.116. The maximum Gasteiger partial charge on any atom is 0.315 e. The molecule has 0 bridgehead atoms. The van der Waals surface area contributed by atoms with E-state index in [1.165, 1.54) is 0 Å². The molecular weight excluding hydrogens is 422 g/mol. The van der Waals surface area contributed by atoms with Gasteiger partial charge in [0.1, 0.15) is 6.04 Å². The highest BCUT2D eigenvalue weighted by atomic mass is 32.1. The van der Waals surface area contributed by atoms with Crippen LogP contribution in [0.4, 0.5) is 4.79 Å². The summed E-state index contributed by atoms with van der Waals surface area (Å²) in [5.41, 5.74) is 0.580. The number of hydrogen-bond acceptors (Lipinski definition) is 6. The third-order valence-corrected chi connectivity index (χ3v) is 6.11. The molecule has 9 nitrogen and oxygen atoms in total. The third kappa shape index (κ3) is 5.08. The van der Waals surface area contributed by atoms with Gasteiger partial charge in [-0.05, 0) is 42.0 Å². The molecule has 10 heteroatoms. The van der Waals surface area contributed by atoms with Crippen molar-refractivity contribution >= 4 is 29.2 Å². The zero-order valence-electron chi connectivity index (χ0n) is 16.7. The summed E-state index contributed by atoms with van der Waals surface area (Å²) in [6.07, 6.45) is 1.01. The van der Waals surface area contributed by atoms with Crippen LogP contribution in [0, 0.1) is 0 Å². The second kappa shape index (κ2) is 9.25. The highest BCUT2D eigenvalue weighted by molar-refractivity contribution is 7.09. The van der Waals surface area contributed by atoms with Crippen LogP contribution in [0.3, 0.4) is 0 Å². The van der Waals surface area contributed by atoms with Crippen LogP contribution in [0.15, 0.2) is 35.7 Å². The minimum Gasteiger partial charge on any atom is -0.481 e. The van der Waals surface area contributed by atoms with Crippen LogP contribution in [0.2, 0.25) is 0 Å². The van der Waals surface area contributed by atoms with E-state index in [-0.39, 0.29) is 19.1 Å². The first-order valence-corrected chi connectivity index (χ1v) is 10.9. The number of thiophene rings is 1. The Morgan fingerprint density at radius 3 is 2.87 bits per heavy atom. The van der Waals surface area contributed by atoms with Crippen molar-refractivity contribution < 1.29 is 29.0 Å². The Kier molecular flexibility index (Phi) is 6.26. The standard InChI is InChI=1S/C21H23N3O6S/c25-19(26)10-16(13-5-6-17-18(9-13)30-12-29-17)23-21(28)22-15-4-1-7-24(20(15)27)11-14-3-2-8-31-14/h2-3,5-6,8-9,15-16H,1,4,7,10-12H2,(H,25,26)(H2,22,23,28)/t15?,16-/m0/s1. The summed E-state index contributed by atoms with van der Waals surface area (Å²) in [7, 11) is 0. The largest absolute Gasteiger partial charge is 0.481 e. The average molecular weight is 445 g/mol. The number of urea groups is 1. The van der Waals surface area contributed by atoms with Crippen molar-refractivity contribution in [2.75, 3.05) is 13.3 Å². The number of ether oxygens (including phenoxy) is 2. The molecule has 2 atom stereocenters. The number of fused-ring (bicyclic) bond motifs is 1. The molecule has 0 spiro atoms. The van der Waals surface area contributed by atoms with E-state index in [2.05, 4.69) is 10.6 Å². The normalized spacial score (nSPS) is 18.5. The molecule has 1 aromatic heterocycles. The van der Waals surface area contributed by atoms with E-state index >= 15 is 0 Å². The summed E-state index contributed by atoms with van der Waals surface area (Å²) in [6, 6.07) is 6.93. The van der Waals surface area contributed by atoms with Crippen LogP contribution in [-0.4, -0.2) is 47.3 Å². The van der Waals surface area contributed by atoms with Gasteiger partial charge in [0.15, 0.2) is 11.5 Å². The Morgan fingerprint density at radius 2 is 2.10 bits per heavy atom. The molecule has 0 saturated carbocycles. The molecule has 3 amide bonds. The molecule has 3 heterocycles. The molecule has 0 aliphatic carbocycles. The van der Waals surface area contributed by atoms with E-state index in [1.54, 1.807) is 34.4 Å². The minimum atomic E-state index is -1.06. The monoisotopic (exact) mass is 445 g/mol. The number of carbonyl (C=O) groups excluding carboxylic acids is 2. The van der Waals surface area contributed by atoms with E-state index in [4.69, 9.17) is 9.47 Å². The van der Waals surface area contributed by atoms with Crippen molar-refractivity contribution in [3.05, 3.63) is 46.2 Å². The van der Waals surface area contributed by atoms with Gasteiger partial charge in [-0.3, -0.25) is 9.59 Å². The van der Waals surface area contributed by atoms with E-state index in [0.717, 1.165) is 11.3 Å². The molecule has 164 valence electrons. The quantitative estimate of drug-likeness (QED) is 0.603. The Labute approximate surface area is 182 Å². The van der Waals surface area contributed by atoms with Gasteiger partial charge in [-0.15, -0.1) is 11.3 Å². The molecule has 1 unspecified atom stereocenters. The number of carboxylic acids is 1. The SMILES string of the molecule is O=C(O)C[C@H](NC(=O)NC1CCCN(Cc2cccs2)C1=O)c1ccc2c(c1)OCO2. The first-order valence-electron chi connectivity index (χ1n) is 9.99. The maximum atomic E-state index is 12.8. The number of likely N-dealkylation sites (tertiary alicyclic amines) is 1. The topological polar surface area (TPSA) is 117 Å². The lowest BCUT2D eigenvalue weighted by atomic mass is 10.0. The van der Waals surface area contributed by atoms with Crippen LogP contribution < -0.4 is 20.1 Å². The number of carboxylic acid groups (broad SMARTS) is 1. The average Bonchev–Trinajstić information content (AvgIpc) is 3.41. The molecule has 2 aromatic rings. The van der Waals surface area contributed by atoms with Gasteiger partial charge >= 0.3 is 12.0 Å². The lowest BCUT2D eigenvalue weighted by Crippen LogP contribution is -2.54. The molecule has 2 aliphatic rings. The number of benzene rings is 1. The van der Waals surface area contributed by atoms with Crippen LogP contribution in [0.5, 0.6) is 11.5 Å². The lowest BCUT2D eigenvalue weighted by Gasteiger charge is -2.32. The molecule has 1 fully saturated rings. The lowest BCUT2D eigenvalue weighted by molar-refractivity contribution is -0.138. The van der Waals surface area contributed by atoms with E-state index < -0.39 is 24.1 Å². The Bertz CT molecular complexity index is 964. The predicted octanol–water partition coefficient (Wildman–Crippen LogP) is 2.48. The van der Waals surface area contributed by atoms with E-state index in [9.17, 15) is 19.5 Å². The fourth-order valence-corrected chi connectivity index (χ4v) is 4.46. The summed E-state index contributed by atoms with van der Waals surface area (Å²) < 4.78 is 10.6. The molecule has 4 rings (SSSR count). The molecule has 3 N–H and O–H groups in total. The number of nitrogens with zero attached hydrogens (tertiary/aromatic N) is 1. The maximum absolute atomic E-state index is 12.8. The van der Waals surface area contributed by atoms with Crippen molar-refractivity contribution in [1.29, 1.82) is 0 Å². The fourth-order valence-electron chi connectivity index (χ4n) is 3.74. The van der Waals surface area contributed by atoms with Crippen molar-refractivity contribution in [2.45, 2.75) is 37.9 Å². The number of hydrogen-bond donors (Lipinski definition) is 3. The summed E-state index contributed by atoms with van der Waals surface area (Å²) in [4.78, 5) is 39.6. The van der Waals surface area contributed by atoms with Crippen molar-refractivity contribution in [1.82, 2.24) is 15.5 Å². The van der Waals surface area contributed by atoms with Gasteiger partial charge in [0.2, 0.25) is 12.7 Å². The van der Waals surface area contributed by atoms with Crippen LogP contribution in [0.25, 0.3) is 0 Å². The zero-order valence-corrected chi connectivity index (χ0v) is 17.5. The number of aliphatic carboxylic acids is 1. The number of carbonyl (C=O) groups is 3. The third-order valence-electron chi connectivity index (χ3n) is 5.25. The summed E-state index contributed by atoms with van der Waals surface area (Å²) >= 11 is 1.59. The van der Waals surface area contributed by atoms with Crippen LogP contribution in [0.1, 0.15) is 35.7 Å². The van der Waals surface area contributed by atoms with Gasteiger partial charge in [-0.2, -0.15) is 0 Å². The number of piperidine rings is 1. The van der Waals surface area contributed by atoms with E-state index in [1.807, 2.05) is 17.5 Å². The van der Waals surface area contributed by atoms with Crippen molar-refractivity contribution in [2.24, 2.45) is 0 Å². The zero-order chi connectivity index (χ0) is 21.8. The first-order chi connectivity index (χ1) is 15.0. The van der Waals surface area contributed by atoms with Gasteiger partial charge in [0.05, 0.1) is 19.0 Å². The summed E-state index contributed by atoms with van der Waals surface area (Å²) in [6.45, 7) is 1.27. The predicted molar refractivity (Wildman–Crippen MR) is 112 cm³/mol. The number of nitrogens with one attached hydrogen (secondary N) is 2. The Balaban J connectivity index is 1.40. The fraction of sp³-hybridized carbons (Fsp3) is 0.381. The van der Waals surface area contributed by atoms with Crippen molar-refractivity contribution in [3.8, 4) is 11.5 Å². The molecule has 2 aliphatic heterocycles. The summed E-state index contributed by atoms with van der Waals surface area (Å²) in [5, 5.41) is 16.7. The second-order valence-corrected chi connectivity index (χ2v) is 8.45. The number of rotatable bonds is 7. The minimum absolute atomic E-state index is 0.0993. The Morgan fingerprint density at radius 1 is 1.26 bits per heavy atom. The Hall–Kier alpha value is -3.27. The van der Waals surface area contributed by atoms with E-state index in [0.29, 0.717) is 36.6 Å². The molecular formula is C21H23N3O6S. The van der Waals surface area contributed by atoms with Gasteiger partial charge in [0.25, 0.3) is 0 Å². The molecule has 1 saturated heterocycles.